The third kappa shape index (κ3) is 6.77. The van der Waals surface area contributed by atoms with E-state index >= 15 is 0 Å². The molecule has 204 valence electrons. The quantitative estimate of drug-likeness (QED) is 0.242. The van der Waals surface area contributed by atoms with Crippen molar-refractivity contribution >= 4 is 11.8 Å². The Labute approximate surface area is 235 Å². The van der Waals surface area contributed by atoms with Gasteiger partial charge in [0.15, 0.2) is 0 Å². The van der Waals surface area contributed by atoms with Crippen LogP contribution in [0.15, 0.2) is 109 Å². The lowest BCUT2D eigenvalue weighted by molar-refractivity contribution is -0.150. The third-order valence-corrected chi connectivity index (χ3v) is 7.26. The van der Waals surface area contributed by atoms with E-state index in [-0.39, 0.29) is 11.8 Å². The first kappa shape index (κ1) is 27.2. The third-order valence-electron chi connectivity index (χ3n) is 7.26. The fraction of sp³-hybridized carbons (Fsp3) is 0.235. The predicted octanol–water partition coefficient (Wildman–Crippen LogP) is 5.71. The minimum atomic E-state index is -0.622. The highest BCUT2D eigenvalue weighted by Crippen LogP contribution is 2.25. The van der Waals surface area contributed by atoms with E-state index < -0.39 is 12.1 Å². The monoisotopic (exact) mass is 533 g/mol. The molecule has 2 atom stereocenters. The van der Waals surface area contributed by atoms with E-state index in [0.717, 1.165) is 46.6 Å². The molecule has 1 saturated heterocycles. The fourth-order valence-electron chi connectivity index (χ4n) is 5.10. The maximum atomic E-state index is 13.8. The molecule has 6 nitrogen and oxygen atoms in total. The number of hydrogen-bond acceptors (Lipinski definition) is 4. The van der Waals surface area contributed by atoms with Gasteiger partial charge in [0.25, 0.3) is 0 Å². The Kier molecular flexibility index (Phi) is 8.89. The summed E-state index contributed by atoms with van der Waals surface area (Å²) in [7, 11) is 0. The van der Waals surface area contributed by atoms with Crippen LogP contribution >= 0.6 is 0 Å². The Morgan fingerprint density at radius 3 is 1.98 bits per heavy atom. The largest absolute Gasteiger partial charge is 0.457 e. The zero-order chi connectivity index (χ0) is 27.7. The minimum absolute atomic E-state index is 0.0610. The molecule has 0 radical (unpaired) electrons. The van der Waals surface area contributed by atoms with E-state index in [2.05, 4.69) is 29.6 Å². The van der Waals surface area contributed by atoms with Crippen molar-refractivity contribution in [3.63, 3.8) is 0 Å². The van der Waals surface area contributed by atoms with Gasteiger partial charge in [0.05, 0.1) is 0 Å². The number of rotatable bonds is 11. The molecule has 1 fully saturated rings. The van der Waals surface area contributed by atoms with Crippen LogP contribution in [-0.2, 0) is 22.6 Å². The van der Waals surface area contributed by atoms with Crippen LogP contribution in [0.4, 0.5) is 0 Å². The Morgan fingerprint density at radius 1 is 0.700 bits per heavy atom. The van der Waals surface area contributed by atoms with Crippen LogP contribution in [0, 0.1) is 0 Å². The summed E-state index contributed by atoms with van der Waals surface area (Å²) in [5.74, 6) is 1.31. The molecule has 1 heterocycles. The van der Waals surface area contributed by atoms with Crippen LogP contribution in [0.3, 0.4) is 0 Å². The lowest BCUT2D eigenvalue weighted by Crippen LogP contribution is -2.63. The van der Waals surface area contributed by atoms with Crippen molar-refractivity contribution in [2.75, 3.05) is 6.54 Å². The van der Waals surface area contributed by atoms with Gasteiger partial charge in [0, 0.05) is 13.0 Å². The van der Waals surface area contributed by atoms with Gasteiger partial charge in [-0.1, -0.05) is 84.9 Å². The number of piperazine rings is 1. The minimum Gasteiger partial charge on any atom is -0.457 e. The van der Waals surface area contributed by atoms with Gasteiger partial charge in [-0.3, -0.25) is 9.59 Å². The number of hydrogen-bond donors (Lipinski definition) is 2. The van der Waals surface area contributed by atoms with E-state index in [1.165, 1.54) is 0 Å². The van der Waals surface area contributed by atoms with E-state index in [9.17, 15) is 9.59 Å². The Morgan fingerprint density at radius 2 is 1.30 bits per heavy atom. The molecular weight excluding hydrogens is 498 g/mol. The second-order valence-corrected chi connectivity index (χ2v) is 10.2. The van der Waals surface area contributed by atoms with Gasteiger partial charge < -0.3 is 20.7 Å². The molecule has 4 aromatic rings. The van der Waals surface area contributed by atoms with Crippen molar-refractivity contribution < 1.29 is 14.3 Å². The summed E-state index contributed by atoms with van der Waals surface area (Å²) in [6.45, 7) is 0.949. The van der Waals surface area contributed by atoms with Crippen molar-refractivity contribution in [3.05, 3.63) is 120 Å². The average Bonchev–Trinajstić information content (AvgIpc) is 2.99. The van der Waals surface area contributed by atoms with Crippen molar-refractivity contribution in [3.8, 4) is 22.6 Å². The molecule has 40 heavy (non-hydrogen) atoms. The number of amides is 2. The maximum Gasteiger partial charge on any atom is 0.246 e. The molecule has 6 heteroatoms. The SMILES string of the molecule is NCCCCC1C(=O)NC(Cc2ccc(Oc3ccccc3)cc2)C(=O)N1Cc1ccc(-c2ccccc2)cc1. The summed E-state index contributed by atoms with van der Waals surface area (Å²) in [5.41, 5.74) is 9.90. The smallest absolute Gasteiger partial charge is 0.246 e. The zero-order valence-corrected chi connectivity index (χ0v) is 22.5. The van der Waals surface area contributed by atoms with Crippen LogP contribution < -0.4 is 15.8 Å². The normalized spacial score (nSPS) is 17.0. The van der Waals surface area contributed by atoms with E-state index in [1.807, 2.05) is 84.9 Å². The molecule has 2 amide bonds. The molecule has 0 aromatic heterocycles. The summed E-state index contributed by atoms with van der Waals surface area (Å²) in [6.07, 6.45) is 2.61. The lowest BCUT2D eigenvalue weighted by atomic mass is 9.96. The number of ether oxygens (including phenoxy) is 1. The average molecular weight is 534 g/mol. The second-order valence-electron chi connectivity index (χ2n) is 10.2. The molecular formula is C34H35N3O3. The van der Waals surface area contributed by atoms with E-state index in [1.54, 1.807) is 4.90 Å². The first-order chi connectivity index (χ1) is 19.6. The van der Waals surface area contributed by atoms with Crippen LogP contribution in [0.25, 0.3) is 11.1 Å². The van der Waals surface area contributed by atoms with Crippen molar-refractivity contribution in [1.29, 1.82) is 0 Å². The maximum absolute atomic E-state index is 13.8. The molecule has 0 saturated carbocycles. The second kappa shape index (κ2) is 13.1. The van der Waals surface area contributed by atoms with Gasteiger partial charge in [-0.2, -0.15) is 0 Å². The highest BCUT2D eigenvalue weighted by Gasteiger charge is 2.40. The Bertz CT molecular complexity index is 1390. The van der Waals surface area contributed by atoms with Gasteiger partial charge in [0.1, 0.15) is 23.6 Å². The Hall–Kier alpha value is -4.42. The number of nitrogens with zero attached hydrogens (tertiary/aromatic N) is 1. The molecule has 0 spiro atoms. The first-order valence-corrected chi connectivity index (χ1v) is 13.9. The van der Waals surface area contributed by atoms with Gasteiger partial charge >= 0.3 is 0 Å². The molecule has 0 bridgehead atoms. The molecule has 0 aliphatic carbocycles. The summed E-state index contributed by atoms with van der Waals surface area (Å²) < 4.78 is 5.89. The molecule has 1 aliphatic rings. The summed E-state index contributed by atoms with van der Waals surface area (Å²) in [4.78, 5) is 28.8. The summed E-state index contributed by atoms with van der Waals surface area (Å²) in [6, 6.07) is 34.5. The molecule has 1 aliphatic heterocycles. The first-order valence-electron chi connectivity index (χ1n) is 13.9. The lowest BCUT2D eigenvalue weighted by Gasteiger charge is -2.39. The van der Waals surface area contributed by atoms with Crippen molar-refractivity contribution in [2.45, 2.75) is 44.3 Å². The molecule has 4 aromatic carbocycles. The van der Waals surface area contributed by atoms with Crippen LogP contribution in [0.2, 0.25) is 0 Å². The molecule has 3 N–H and O–H groups in total. The summed E-state index contributed by atoms with van der Waals surface area (Å²) in [5, 5.41) is 3.00. The van der Waals surface area contributed by atoms with Gasteiger partial charge in [-0.25, -0.2) is 0 Å². The van der Waals surface area contributed by atoms with Gasteiger partial charge in [-0.05, 0) is 72.3 Å². The van der Waals surface area contributed by atoms with Crippen LogP contribution in [0.1, 0.15) is 30.4 Å². The number of nitrogens with one attached hydrogen (secondary N) is 1. The van der Waals surface area contributed by atoms with Crippen LogP contribution in [0.5, 0.6) is 11.5 Å². The van der Waals surface area contributed by atoms with Gasteiger partial charge in [-0.15, -0.1) is 0 Å². The number of carbonyl (C=O) groups excluding carboxylic acids is 2. The molecule has 5 rings (SSSR count). The number of benzene rings is 4. The van der Waals surface area contributed by atoms with Gasteiger partial charge in [0.2, 0.25) is 11.8 Å². The highest BCUT2D eigenvalue weighted by molar-refractivity contribution is 5.97. The Balaban J connectivity index is 1.30. The topological polar surface area (TPSA) is 84.7 Å². The van der Waals surface area contributed by atoms with Crippen molar-refractivity contribution in [1.82, 2.24) is 10.2 Å². The number of unbranched alkanes of at least 4 members (excludes halogenated alkanes) is 1. The van der Waals surface area contributed by atoms with Crippen molar-refractivity contribution in [2.24, 2.45) is 5.73 Å². The number of nitrogens with two attached hydrogens (primary N) is 1. The zero-order valence-electron chi connectivity index (χ0n) is 22.5. The predicted molar refractivity (Wildman–Crippen MR) is 158 cm³/mol. The van der Waals surface area contributed by atoms with Crippen LogP contribution in [-0.4, -0.2) is 35.3 Å². The summed E-state index contributed by atoms with van der Waals surface area (Å²) >= 11 is 0. The van der Waals surface area contributed by atoms with E-state index in [4.69, 9.17) is 10.5 Å². The number of carbonyl (C=O) groups is 2. The highest BCUT2D eigenvalue weighted by atomic mass is 16.5. The molecule has 2 unspecified atom stereocenters. The fourth-order valence-corrected chi connectivity index (χ4v) is 5.10. The standard InChI is InChI=1S/C34H35N3O3/c35-22-8-7-13-32-33(38)36-31(23-25-16-20-30(21-17-25)40-29-11-5-2-6-12-29)34(39)37(32)24-26-14-18-28(19-15-26)27-9-3-1-4-10-27/h1-6,9-12,14-21,31-32H,7-8,13,22-24,35H2,(H,36,38). The van der Waals surface area contributed by atoms with E-state index in [0.29, 0.717) is 25.9 Å². The number of para-hydroxylation sites is 1.